The van der Waals surface area contributed by atoms with Gasteiger partial charge in [-0.1, -0.05) is 17.7 Å². The first-order valence-electron chi connectivity index (χ1n) is 11.5. The Hall–Kier alpha value is -3.23. The molecule has 2 aliphatic heterocycles. The Kier molecular flexibility index (Phi) is 6.34. The van der Waals surface area contributed by atoms with E-state index in [2.05, 4.69) is 39.4 Å². The maximum absolute atomic E-state index is 12.9. The van der Waals surface area contributed by atoms with E-state index >= 15 is 0 Å². The van der Waals surface area contributed by atoms with Gasteiger partial charge in [-0.05, 0) is 43.3 Å². The van der Waals surface area contributed by atoms with Crippen LogP contribution in [-0.2, 0) is 0 Å². The molecule has 2 aliphatic rings. The summed E-state index contributed by atoms with van der Waals surface area (Å²) in [6, 6.07) is 9.82. The molecule has 178 valence electrons. The summed E-state index contributed by atoms with van der Waals surface area (Å²) in [6.07, 6.45) is 4.74. The van der Waals surface area contributed by atoms with Gasteiger partial charge in [-0.25, -0.2) is 9.78 Å². The van der Waals surface area contributed by atoms with Gasteiger partial charge in [0, 0.05) is 68.3 Å². The number of benzene rings is 1. The molecule has 2 N–H and O–H groups in total. The summed E-state index contributed by atoms with van der Waals surface area (Å²) in [7, 11) is 3.70. The third kappa shape index (κ3) is 4.56. The van der Waals surface area contributed by atoms with Crippen LogP contribution in [0.1, 0.15) is 12.1 Å². The summed E-state index contributed by atoms with van der Waals surface area (Å²) >= 11 is 6.16. The third-order valence-corrected chi connectivity index (χ3v) is 6.87. The fourth-order valence-corrected chi connectivity index (χ4v) is 4.68. The molecular formula is C25H29ClN6O2. The number of carbonyl (C=O) groups excluding carboxylic acids is 1. The average molecular weight is 481 g/mol. The van der Waals surface area contributed by atoms with E-state index in [1.54, 1.807) is 13.3 Å². The minimum Gasteiger partial charge on any atom is -0.495 e. The molecule has 9 heteroatoms. The van der Waals surface area contributed by atoms with Crippen molar-refractivity contribution < 1.29 is 9.53 Å². The van der Waals surface area contributed by atoms with Gasteiger partial charge in [0.1, 0.15) is 11.4 Å². The van der Waals surface area contributed by atoms with Gasteiger partial charge in [0.05, 0.1) is 17.8 Å². The van der Waals surface area contributed by atoms with Crippen LogP contribution in [0.4, 0.5) is 16.2 Å². The lowest BCUT2D eigenvalue weighted by atomic mass is 10.0. The minimum absolute atomic E-state index is 0.145. The molecule has 0 unspecified atom stereocenters. The van der Waals surface area contributed by atoms with Gasteiger partial charge in [-0.2, -0.15) is 0 Å². The van der Waals surface area contributed by atoms with Crippen molar-refractivity contribution in [2.45, 2.75) is 6.42 Å². The van der Waals surface area contributed by atoms with Crippen molar-refractivity contribution in [3.63, 3.8) is 0 Å². The Morgan fingerprint density at radius 1 is 1.12 bits per heavy atom. The Labute approximate surface area is 204 Å². The van der Waals surface area contributed by atoms with Crippen molar-refractivity contribution in [2.75, 3.05) is 58.7 Å². The number of halogens is 1. The van der Waals surface area contributed by atoms with Gasteiger partial charge in [0.2, 0.25) is 0 Å². The number of H-pyrrole nitrogens is 1. The number of likely N-dealkylation sites (N-methyl/N-ethyl adjacent to an activating group) is 1. The molecule has 2 amide bonds. The fourth-order valence-electron chi connectivity index (χ4n) is 4.49. The standard InChI is InChI=1S/C25H29ClN6O2/c1-30-11-13-32(14-12-30)25(33)31-9-6-17(7-10-31)22-16-19-21(5-8-27-24(19)29-22)28-18-3-4-20(26)23(15-18)34-2/h3-6,8,15-16H,7,9-14H2,1-2H3,(H2,27,28,29). The number of urea groups is 1. The summed E-state index contributed by atoms with van der Waals surface area (Å²) in [4.78, 5) is 27.0. The number of piperazine rings is 1. The number of aromatic nitrogens is 2. The van der Waals surface area contributed by atoms with Crippen LogP contribution in [0.25, 0.3) is 16.6 Å². The molecule has 0 aliphatic carbocycles. The maximum Gasteiger partial charge on any atom is 0.320 e. The highest BCUT2D eigenvalue weighted by molar-refractivity contribution is 6.32. The quantitative estimate of drug-likeness (QED) is 0.578. The van der Waals surface area contributed by atoms with Crippen LogP contribution in [0.5, 0.6) is 5.75 Å². The van der Waals surface area contributed by atoms with Gasteiger partial charge in [0.15, 0.2) is 0 Å². The van der Waals surface area contributed by atoms with Crippen LogP contribution in [0.3, 0.4) is 0 Å². The Morgan fingerprint density at radius 3 is 2.68 bits per heavy atom. The number of rotatable bonds is 4. The molecule has 0 saturated carbocycles. The zero-order chi connectivity index (χ0) is 23.7. The van der Waals surface area contributed by atoms with Crippen LogP contribution in [-0.4, -0.2) is 84.1 Å². The summed E-state index contributed by atoms with van der Waals surface area (Å²) in [6.45, 7) is 4.80. The van der Waals surface area contributed by atoms with Crippen LogP contribution in [0, 0.1) is 0 Å². The molecule has 4 heterocycles. The first-order valence-corrected chi connectivity index (χ1v) is 11.9. The van der Waals surface area contributed by atoms with Crippen molar-refractivity contribution >= 4 is 45.6 Å². The maximum atomic E-state index is 12.9. The molecule has 2 aromatic heterocycles. The number of hydrogen-bond acceptors (Lipinski definition) is 5. The first-order chi connectivity index (χ1) is 16.5. The monoisotopic (exact) mass is 480 g/mol. The Bertz CT molecular complexity index is 1230. The smallest absolute Gasteiger partial charge is 0.320 e. The molecule has 0 spiro atoms. The molecular weight excluding hydrogens is 452 g/mol. The number of amides is 2. The van der Waals surface area contributed by atoms with Crippen molar-refractivity contribution in [1.29, 1.82) is 0 Å². The van der Waals surface area contributed by atoms with Crippen molar-refractivity contribution in [1.82, 2.24) is 24.7 Å². The zero-order valence-corrected chi connectivity index (χ0v) is 20.2. The Morgan fingerprint density at radius 2 is 1.94 bits per heavy atom. The normalized spacial score (nSPS) is 17.1. The predicted octanol–water partition coefficient (Wildman–Crippen LogP) is 4.43. The fraction of sp³-hybridized carbons (Fsp3) is 0.360. The van der Waals surface area contributed by atoms with Gasteiger partial charge in [0.25, 0.3) is 0 Å². The SMILES string of the molecule is COc1cc(Nc2ccnc3[nH]c(C4=CCN(C(=O)N5CCN(C)CC5)CC4)cc23)ccc1Cl. The van der Waals surface area contributed by atoms with E-state index in [1.807, 2.05) is 34.1 Å². The molecule has 3 aromatic rings. The second kappa shape index (κ2) is 9.56. The first kappa shape index (κ1) is 22.6. The molecule has 1 fully saturated rings. The molecule has 1 saturated heterocycles. The minimum atomic E-state index is 0.145. The van der Waals surface area contributed by atoms with Crippen molar-refractivity contribution in [2.24, 2.45) is 0 Å². The molecule has 34 heavy (non-hydrogen) atoms. The Balaban J connectivity index is 1.32. The van der Waals surface area contributed by atoms with E-state index < -0.39 is 0 Å². The highest BCUT2D eigenvalue weighted by Gasteiger charge is 2.26. The molecule has 0 bridgehead atoms. The number of ether oxygens (including phenoxy) is 1. The number of aromatic amines is 1. The highest BCUT2D eigenvalue weighted by Crippen LogP contribution is 2.33. The number of fused-ring (bicyclic) bond motifs is 1. The number of anilines is 2. The number of nitrogens with zero attached hydrogens (tertiary/aromatic N) is 4. The van der Waals surface area contributed by atoms with E-state index in [0.717, 1.165) is 67.2 Å². The van der Waals surface area contributed by atoms with E-state index in [1.165, 1.54) is 5.57 Å². The number of carbonyl (C=O) groups is 1. The lowest BCUT2D eigenvalue weighted by Crippen LogP contribution is -2.52. The van der Waals surface area contributed by atoms with Crippen LogP contribution >= 0.6 is 11.6 Å². The summed E-state index contributed by atoms with van der Waals surface area (Å²) in [5.74, 6) is 0.620. The lowest BCUT2D eigenvalue weighted by molar-refractivity contribution is 0.125. The predicted molar refractivity (Wildman–Crippen MR) is 136 cm³/mol. The number of nitrogens with one attached hydrogen (secondary N) is 2. The summed E-state index contributed by atoms with van der Waals surface area (Å²) < 4.78 is 5.33. The van der Waals surface area contributed by atoms with Crippen LogP contribution in [0.2, 0.25) is 5.02 Å². The van der Waals surface area contributed by atoms with Crippen LogP contribution < -0.4 is 10.1 Å². The topological polar surface area (TPSA) is 76.7 Å². The number of hydrogen-bond donors (Lipinski definition) is 2. The largest absolute Gasteiger partial charge is 0.495 e. The number of pyridine rings is 1. The zero-order valence-electron chi connectivity index (χ0n) is 19.5. The van der Waals surface area contributed by atoms with Gasteiger partial charge >= 0.3 is 6.03 Å². The molecule has 8 nitrogen and oxygen atoms in total. The number of methoxy groups -OCH3 is 1. The lowest BCUT2D eigenvalue weighted by Gasteiger charge is -2.37. The van der Waals surface area contributed by atoms with Gasteiger partial charge < -0.3 is 29.7 Å². The summed E-state index contributed by atoms with van der Waals surface area (Å²) in [5, 5.41) is 5.02. The molecule has 1 aromatic carbocycles. The van der Waals surface area contributed by atoms with E-state index in [0.29, 0.717) is 17.3 Å². The summed E-state index contributed by atoms with van der Waals surface area (Å²) in [5.41, 5.74) is 4.89. The van der Waals surface area contributed by atoms with E-state index in [-0.39, 0.29) is 6.03 Å². The molecule has 0 radical (unpaired) electrons. The van der Waals surface area contributed by atoms with Gasteiger partial charge in [-0.3, -0.25) is 0 Å². The third-order valence-electron chi connectivity index (χ3n) is 6.56. The van der Waals surface area contributed by atoms with Crippen molar-refractivity contribution in [3.8, 4) is 5.75 Å². The second-order valence-corrected chi connectivity index (χ2v) is 9.18. The average Bonchev–Trinajstić information content (AvgIpc) is 3.31. The molecule has 5 rings (SSSR count). The van der Waals surface area contributed by atoms with Gasteiger partial charge in [-0.15, -0.1) is 0 Å². The van der Waals surface area contributed by atoms with Crippen molar-refractivity contribution in [3.05, 3.63) is 53.3 Å². The second-order valence-electron chi connectivity index (χ2n) is 8.78. The van der Waals surface area contributed by atoms with E-state index in [9.17, 15) is 4.79 Å². The van der Waals surface area contributed by atoms with Crippen LogP contribution in [0.15, 0.2) is 42.6 Å². The molecule has 0 atom stereocenters. The van der Waals surface area contributed by atoms with E-state index in [4.69, 9.17) is 16.3 Å². The highest BCUT2D eigenvalue weighted by atomic mass is 35.5.